The summed E-state index contributed by atoms with van der Waals surface area (Å²) in [5.41, 5.74) is -1.56. The van der Waals surface area contributed by atoms with Gasteiger partial charge >= 0.3 is 13.6 Å². The molecule has 0 spiro atoms. The molecule has 0 aliphatic rings. The summed E-state index contributed by atoms with van der Waals surface area (Å²) in [5.74, 6) is -2.57. The van der Waals surface area contributed by atoms with Crippen molar-refractivity contribution < 1.29 is 28.6 Å². The van der Waals surface area contributed by atoms with E-state index in [4.69, 9.17) is 32.7 Å². The van der Waals surface area contributed by atoms with E-state index in [1.165, 1.54) is 30.3 Å². The average molecular weight is 397 g/mol. The van der Waals surface area contributed by atoms with Crippen LogP contribution in [0.15, 0.2) is 41.8 Å². The molecule has 2 atom stereocenters. The maximum Gasteiger partial charge on any atom is 0.371 e. The molecule has 0 bridgehead atoms. The summed E-state index contributed by atoms with van der Waals surface area (Å²) in [6, 6.07) is 9.09. The molecule has 0 aliphatic heterocycles. The minimum Gasteiger partial charge on any atom is -0.463 e. The number of halogens is 2. The monoisotopic (exact) mass is 396 g/mol. The van der Waals surface area contributed by atoms with Gasteiger partial charge in [0.1, 0.15) is 5.75 Å². The topological polar surface area (TPSA) is 93.1 Å². The Morgan fingerprint density at radius 1 is 1.22 bits per heavy atom. The van der Waals surface area contributed by atoms with Crippen LogP contribution in [-0.2, 0) is 14.1 Å². The molecule has 0 radical (unpaired) electrons. The summed E-state index contributed by atoms with van der Waals surface area (Å²) in [5, 5.41) is 2.08. The predicted octanol–water partition coefficient (Wildman–Crippen LogP) is 3.76. The highest BCUT2D eigenvalue weighted by Gasteiger charge is 2.37. The van der Waals surface area contributed by atoms with Crippen molar-refractivity contribution in [3.05, 3.63) is 51.7 Å². The Morgan fingerprint density at radius 3 is 2.39 bits per heavy atom. The standard InChI is InChI=1S/C13H11Cl2O6PS/c14-8-3-5-9(6-4-8)20-11(15)12(16)21-13(22(17,18)19)10-2-1-7-23-10/h1-7,11,13H,(H2,17,18,19). The van der Waals surface area contributed by atoms with Crippen molar-refractivity contribution in [2.24, 2.45) is 0 Å². The Hall–Kier alpha value is -1.08. The molecule has 2 N–H and O–H groups in total. The molecule has 2 aromatic rings. The first-order valence-corrected chi connectivity index (χ1v) is 9.50. The van der Waals surface area contributed by atoms with E-state index in [-0.39, 0.29) is 10.6 Å². The smallest absolute Gasteiger partial charge is 0.371 e. The fraction of sp³-hybridized carbons (Fsp3) is 0.154. The van der Waals surface area contributed by atoms with E-state index in [0.717, 1.165) is 11.3 Å². The van der Waals surface area contributed by atoms with Crippen LogP contribution in [0.25, 0.3) is 0 Å². The van der Waals surface area contributed by atoms with E-state index in [1.807, 2.05) is 0 Å². The molecular weight excluding hydrogens is 386 g/mol. The summed E-state index contributed by atoms with van der Waals surface area (Å²) in [6.07, 6.45) is 0. The van der Waals surface area contributed by atoms with Crippen molar-refractivity contribution in [1.29, 1.82) is 0 Å². The number of carbonyl (C=O) groups excluding carboxylic acids is 1. The second-order valence-corrected chi connectivity index (χ2v) is 7.74. The maximum atomic E-state index is 11.9. The Kier molecular flexibility index (Phi) is 6.08. The van der Waals surface area contributed by atoms with Gasteiger partial charge in [-0.15, -0.1) is 11.3 Å². The van der Waals surface area contributed by atoms with Crippen LogP contribution in [0.1, 0.15) is 10.7 Å². The lowest BCUT2D eigenvalue weighted by molar-refractivity contribution is -0.150. The molecule has 1 heterocycles. The molecule has 10 heteroatoms. The fourth-order valence-corrected chi connectivity index (χ4v) is 3.74. The zero-order valence-corrected chi connectivity index (χ0v) is 14.6. The molecular formula is C13H11Cl2O6PS. The Balaban J connectivity index is 2.06. The van der Waals surface area contributed by atoms with Crippen LogP contribution in [0, 0.1) is 0 Å². The highest BCUT2D eigenvalue weighted by atomic mass is 35.5. The zero-order chi connectivity index (χ0) is 17.0. The molecule has 0 aliphatic carbocycles. The van der Waals surface area contributed by atoms with E-state index < -0.39 is 25.0 Å². The normalized spacial score (nSPS) is 14.1. The van der Waals surface area contributed by atoms with Crippen molar-refractivity contribution in [1.82, 2.24) is 0 Å². The number of hydrogen-bond acceptors (Lipinski definition) is 5. The second kappa shape index (κ2) is 7.66. The number of thiophene rings is 1. The van der Waals surface area contributed by atoms with Crippen molar-refractivity contribution in [2.45, 2.75) is 11.4 Å². The minimum atomic E-state index is -4.71. The molecule has 1 aromatic carbocycles. The lowest BCUT2D eigenvalue weighted by Gasteiger charge is -2.19. The van der Waals surface area contributed by atoms with Crippen LogP contribution in [0.4, 0.5) is 0 Å². The molecule has 0 saturated heterocycles. The first-order chi connectivity index (χ1) is 10.8. The highest BCUT2D eigenvalue weighted by Crippen LogP contribution is 2.53. The maximum absolute atomic E-state index is 11.9. The van der Waals surface area contributed by atoms with Gasteiger partial charge in [0.15, 0.2) is 0 Å². The molecule has 1 aromatic heterocycles. The van der Waals surface area contributed by atoms with Crippen LogP contribution in [0.3, 0.4) is 0 Å². The molecule has 0 fully saturated rings. The van der Waals surface area contributed by atoms with Gasteiger partial charge in [0.25, 0.3) is 5.56 Å². The first-order valence-electron chi connectivity index (χ1n) is 6.13. The van der Waals surface area contributed by atoms with E-state index in [9.17, 15) is 19.1 Å². The summed E-state index contributed by atoms with van der Waals surface area (Å²) in [7, 11) is -4.71. The SMILES string of the molecule is O=C(OC(c1cccs1)P(=O)(O)O)C(Cl)Oc1ccc(Cl)cc1. The molecule has 2 unspecified atom stereocenters. The largest absolute Gasteiger partial charge is 0.463 e. The lowest BCUT2D eigenvalue weighted by Crippen LogP contribution is -2.25. The Labute approximate surface area is 145 Å². The summed E-state index contributed by atoms with van der Waals surface area (Å²) in [6.45, 7) is 0. The zero-order valence-electron chi connectivity index (χ0n) is 11.3. The number of carbonyl (C=O) groups is 1. The van der Waals surface area contributed by atoms with Gasteiger partial charge in [0.05, 0.1) is 4.88 Å². The Bertz CT molecular complexity index is 700. The van der Waals surface area contributed by atoms with E-state index in [1.54, 1.807) is 11.4 Å². The van der Waals surface area contributed by atoms with Crippen molar-refractivity contribution in [2.75, 3.05) is 0 Å². The van der Waals surface area contributed by atoms with Crippen LogP contribution < -0.4 is 4.74 Å². The molecule has 2 rings (SSSR count). The lowest BCUT2D eigenvalue weighted by atomic mass is 10.3. The highest BCUT2D eigenvalue weighted by molar-refractivity contribution is 7.52. The number of alkyl halides is 1. The van der Waals surface area contributed by atoms with Gasteiger partial charge in [-0.1, -0.05) is 29.3 Å². The van der Waals surface area contributed by atoms with E-state index in [0.29, 0.717) is 5.02 Å². The number of rotatable bonds is 6. The van der Waals surface area contributed by atoms with Gasteiger partial charge < -0.3 is 19.3 Å². The quantitative estimate of drug-likeness (QED) is 0.438. The van der Waals surface area contributed by atoms with E-state index in [2.05, 4.69) is 0 Å². The van der Waals surface area contributed by atoms with Crippen molar-refractivity contribution in [3.8, 4) is 5.75 Å². The van der Waals surface area contributed by atoms with Crippen LogP contribution in [-0.4, -0.2) is 21.3 Å². The van der Waals surface area contributed by atoms with Gasteiger partial charge in [-0.2, -0.15) is 0 Å². The van der Waals surface area contributed by atoms with Gasteiger partial charge in [-0.25, -0.2) is 4.79 Å². The summed E-state index contributed by atoms with van der Waals surface area (Å²) < 4.78 is 21.5. The number of esters is 1. The Morgan fingerprint density at radius 2 is 1.87 bits per heavy atom. The van der Waals surface area contributed by atoms with E-state index >= 15 is 0 Å². The number of benzene rings is 1. The summed E-state index contributed by atoms with van der Waals surface area (Å²) >= 11 is 12.6. The molecule has 0 amide bonds. The third kappa shape index (κ3) is 5.21. The second-order valence-electron chi connectivity index (χ2n) is 4.28. The first kappa shape index (κ1) is 18.3. The molecule has 6 nitrogen and oxygen atoms in total. The minimum absolute atomic E-state index is 0.210. The number of ether oxygens (including phenoxy) is 2. The van der Waals surface area contributed by atoms with Gasteiger partial charge in [-0.3, -0.25) is 4.57 Å². The van der Waals surface area contributed by atoms with Gasteiger partial charge in [-0.05, 0) is 35.7 Å². The predicted molar refractivity (Wildman–Crippen MR) is 86.9 cm³/mol. The molecule has 23 heavy (non-hydrogen) atoms. The molecule has 124 valence electrons. The number of hydrogen-bond donors (Lipinski definition) is 2. The summed E-state index contributed by atoms with van der Waals surface area (Å²) in [4.78, 5) is 30.8. The van der Waals surface area contributed by atoms with Gasteiger partial charge in [0, 0.05) is 5.02 Å². The average Bonchev–Trinajstić information content (AvgIpc) is 2.99. The third-order valence-corrected chi connectivity index (χ3v) is 5.16. The van der Waals surface area contributed by atoms with Crippen molar-refractivity contribution in [3.63, 3.8) is 0 Å². The molecule has 0 saturated carbocycles. The van der Waals surface area contributed by atoms with Crippen LogP contribution >= 0.6 is 42.1 Å². The van der Waals surface area contributed by atoms with Crippen molar-refractivity contribution >= 4 is 48.1 Å². The van der Waals surface area contributed by atoms with Gasteiger partial charge in [0.2, 0.25) is 5.85 Å². The van der Waals surface area contributed by atoms with Crippen LogP contribution in [0.2, 0.25) is 5.02 Å². The van der Waals surface area contributed by atoms with Crippen LogP contribution in [0.5, 0.6) is 5.75 Å². The fourth-order valence-electron chi connectivity index (χ4n) is 1.57. The third-order valence-electron chi connectivity index (χ3n) is 2.56.